The zero-order valence-corrected chi connectivity index (χ0v) is 10.9. The Morgan fingerprint density at radius 2 is 2.18 bits per heavy atom. The van der Waals surface area contributed by atoms with Gasteiger partial charge in [0.2, 0.25) is 0 Å². The van der Waals surface area contributed by atoms with Gasteiger partial charge in [0.05, 0.1) is 0 Å². The van der Waals surface area contributed by atoms with Crippen molar-refractivity contribution in [3.05, 3.63) is 42.5 Å². The molecule has 1 N–H and O–H groups in total. The Kier molecular flexibility index (Phi) is 6.41. The minimum absolute atomic E-state index is 0.558. The Morgan fingerprint density at radius 1 is 1.41 bits per heavy atom. The van der Waals surface area contributed by atoms with Gasteiger partial charge in [0.25, 0.3) is 0 Å². The van der Waals surface area contributed by atoms with E-state index in [4.69, 9.17) is 4.74 Å². The summed E-state index contributed by atoms with van der Waals surface area (Å²) in [5.41, 5.74) is 1.21. The molecule has 1 aromatic carbocycles. The molecule has 17 heavy (non-hydrogen) atoms. The number of ether oxygens (including phenoxy) is 1. The van der Waals surface area contributed by atoms with Gasteiger partial charge in [0.1, 0.15) is 12.4 Å². The van der Waals surface area contributed by atoms with Crippen LogP contribution in [0.2, 0.25) is 0 Å². The second-order valence-corrected chi connectivity index (χ2v) is 4.35. The lowest BCUT2D eigenvalue weighted by Crippen LogP contribution is -2.20. The molecule has 0 aliphatic carbocycles. The van der Waals surface area contributed by atoms with E-state index >= 15 is 0 Å². The highest BCUT2D eigenvalue weighted by Gasteiger charge is 2.03. The molecular formula is C15H23NO. The van der Waals surface area contributed by atoms with Crippen LogP contribution in [-0.4, -0.2) is 13.2 Å². The molecule has 1 atom stereocenters. The summed E-state index contributed by atoms with van der Waals surface area (Å²) in [5, 5.41) is 3.46. The number of rotatable bonds is 8. The van der Waals surface area contributed by atoms with E-state index in [0.29, 0.717) is 6.61 Å². The predicted octanol–water partition coefficient (Wildman–Crippen LogP) is 3.39. The lowest BCUT2D eigenvalue weighted by molar-refractivity contribution is 0.357. The van der Waals surface area contributed by atoms with Crippen LogP contribution in [0.3, 0.4) is 0 Å². The molecule has 0 aliphatic heterocycles. The van der Waals surface area contributed by atoms with Gasteiger partial charge in [-0.15, -0.1) is 0 Å². The van der Waals surface area contributed by atoms with Crippen LogP contribution in [0.25, 0.3) is 0 Å². The molecule has 0 saturated carbocycles. The number of hydrogen-bond acceptors (Lipinski definition) is 2. The van der Waals surface area contributed by atoms with Crippen LogP contribution in [0.4, 0.5) is 0 Å². The summed E-state index contributed by atoms with van der Waals surface area (Å²) in [6.07, 6.45) is 2.98. The van der Waals surface area contributed by atoms with Crippen molar-refractivity contribution >= 4 is 0 Å². The first-order chi connectivity index (χ1) is 8.27. The van der Waals surface area contributed by atoms with E-state index in [1.54, 1.807) is 6.08 Å². The molecule has 0 spiro atoms. The highest BCUT2D eigenvalue weighted by Crippen LogP contribution is 2.17. The molecule has 2 nitrogen and oxygen atoms in total. The van der Waals surface area contributed by atoms with Crippen molar-refractivity contribution in [3.8, 4) is 5.75 Å². The second-order valence-electron chi connectivity index (χ2n) is 4.35. The number of nitrogens with one attached hydrogen (secondary N) is 1. The maximum absolute atomic E-state index is 5.61. The van der Waals surface area contributed by atoms with E-state index in [2.05, 4.69) is 31.8 Å². The molecule has 0 aliphatic rings. The highest BCUT2D eigenvalue weighted by atomic mass is 16.5. The minimum Gasteiger partial charge on any atom is -0.489 e. The first kappa shape index (κ1) is 13.8. The molecule has 2 heteroatoms. The van der Waals surface area contributed by atoms with Crippen molar-refractivity contribution < 1.29 is 4.74 Å². The zero-order valence-electron chi connectivity index (χ0n) is 10.9. The highest BCUT2D eigenvalue weighted by molar-refractivity contribution is 5.33. The normalized spacial score (nSPS) is 12.1. The van der Waals surface area contributed by atoms with Gasteiger partial charge in [0, 0.05) is 12.1 Å². The first-order valence-electron chi connectivity index (χ1n) is 6.30. The Balaban J connectivity index is 2.48. The van der Waals surface area contributed by atoms with E-state index < -0.39 is 0 Å². The van der Waals surface area contributed by atoms with Gasteiger partial charge in [-0.05, 0) is 18.5 Å². The molecule has 0 saturated heterocycles. The zero-order chi connectivity index (χ0) is 12.5. The van der Waals surface area contributed by atoms with Crippen molar-refractivity contribution in [2.75, 3.05) is 13.2 Å². The number of para-hydroxylation sites is 1. The number of benzene rings is 1. The lowest BCUT2D eigenvalue weighted by atomic mass is 10.1. The molecule has 94 valence electrons. The lowest BCUT2D eigenvalue weighted by Gasteiger charge is -2.13. The Hall–Kier alpha value is -1.28. The standard InChI is InChI=1S/C15H23NO/c1-4-10-17-15-9-7-6-8-14(15)12-16-11-13(3)5-2/h4,6-9,13,16H,1,5,10-12H2,2-3H3. The van der Waals surface area contributed by atoms with E-state index in [1.807, 2.05) is 18.2 Å². The fourth-order valence-electron chi connectivity index (χ4n) is 1.54. The molecule has 0 radical (unpaired) electrons. The molecule has 1 rings (SSSR count). The summed E-state index contributed by atoms with van der Waals surface area (Å²) in [7, 11) is 0. The van der Waals surface area contributed by atoms with Crippen molar-refractivity contribution in [2.45, 2.75) is 26.8 Å². The van der Waals surface area contributed by atoms with Crippen molar-refractivity contribution in [1.29, 1.82) is 0 Å². The largest absolute Gasteiger partial charge is 0.489 e. The van der Waals surface area contributed by atoms with Crippen LogP contribution in [-0.2, 0) is 6.54 Å². The van der Waals surface area contributed by atoms with Gasteiger partial charge in [-0.1, -0.05) is 51.1 Å². The fraction of sp³-hybridized carbons (Fsp3) is 0.467. The smallest absolute Gasteiger partial charge is 0.124 e. The van der Waals surface area contributed by atoms with Gasteiger partial charge in [-0.25, -0.2) is 0 Å². The summed E-state index contributed by atoms with van der Waals surface area (Å²) in [6, 6.07) is 8.14. The van der Waals surface area contributed by atoms with Crippen molar-refractivity contribution in [2.24, 2.45) is 5.92 Å². The molecule has 1 unspecified atom stereocenters. The minimum atomic E-state index is 0.558. The van der Waals surface area contributed by atoms with E-state index in [-0.39, 0.29) is 0 Å². The van der Waals surface area contributed by atoms with E-state index in [1.165, 1.54) is 12.0 Å². The summed E-state index contributed by atoms with van der Waals surface area (Å²) < 4.78 is 5.61. The third-order valence-electron chi connectivity index (χ3n) is 2.83. The van der Waals surface area contributed by atoms with Crippen LogP contribution >= 0.6 is 0 Å². The van der Waals surface area contributed by atoms with Gasteiger partial charge in [-0.2, -0.15) is 0 Å². The van der Waals surface area contributed by atoms with Crippen LogP contribution in [0.5, 0.6) is 5.75 Å². The maximum Gasteiger partial charge on any atom is 0.124 e. The molecule has 0 fully saturated rings. The van der Waals surface area contributed by atoms with Crippen LogP contribution < -0.4 is 10.1 Å². The summed E-state index contributed by atoms with van der Waals surface area (Å²) in [5.74, 6) is 1.67. The van der Waals surface area contributed by atoms with E-state index in [9.17, 15) is 0 Å². The van der Waals surface area contributed by atoms with Crippen LogP contribution in [0, 0.1) is 5.92 Å². The average Bonchev–Trinajstić information content (AvgIpc) is 2.37. The third kappa shape index (κ3) is 5.05. The summed E-state index contributed by atoms with van der Waals surface area (Å²) >= 11 is 0. The molecule has 0 bridgehead atoms. The van der Waals surface area contributed by atoms with Crippen LogP contribution in [0.1, 0.15) is 25.8 Å². The molecule has 1 aromatic rings. The maximum atomic E-state index is 5.61. The average molecular weight is 233 g/mol. The molecule has 0 aromatic heterocycles. The van der Waals surface area contributed by atoms with Crippen molar-refractivity contribution in [3.63, 3.8) is 0 Å². The molecule has 0 amide bonds. The quantitative estimate of drug-likeness (QED) is 0.695. The fourth-order valence-corrected chi connectivity index (χ4v) is 1.54. The number of hydrogen-bond donors (Lipinski definition) is 1. The van der Waals surface area contributed by atoms with Crippen molar-refractivity contribution in [1.82, 2.24) is 5.32 Å². The summed E-state index contributed by atoms with van der Waals surface area (Å²) in [4.78, 5) is 0. The first-order valence-corrected chi connectivity index (χ1v) is 6.30. The van der Waals surface area contributed by atoms with Gasteiger partial charge in [0.15, 0.2) is 0 Å². The third-order valence-corrected chi connectivity index (χ3v) is 2.83. The predicted molar refractivity (Wildman–Crippen MR) is 73.3 cm³/mol. The Bertz CT molecular complexity index is 335. The monoisotopic (exact) mass is 233 g/mol. The Labute approximate surface area is 105 Å². The second kappa shape index (κ2) is 7.91. The van der Waals surface area contributed by atoms with Gasteiger partial charge >= 0.3 is 0 Å². The van der Waals surface area contributed by atoms with E-state index in [0.717, 1.165) is 24.8 Å². The Morgan fingerprint density at radius 3 is 2.88 bits per heavy atom. The van der Waals surface area contributed by atoms with Gasteiger partial charge < -0.3 is 10.1 Å². The summed E-state index contributed by atoms with van der Waals surface area (Å²) in [6.45, 7) is 10.6. The topological polar surface area (TPSA) is 21.3 Å². The van der Waals surface area contributed by atoms with Crippen LogP contribution in [0.15, 0.2) is 36.9 Å². The SMILES string of the molecule is C=CCOc1ccccc1CNCC(C)CC. The van der Waals surface area contributed by atoms with Gasteiger partial charge in [-0.3, -0.25) is 0 Å². The molecular weight excluding hydrogens is 210 g/mol. The molecule has 0 heterocycles.